The molecule has 5 nitrogen and oxygen atoms in total. The fraction of sp³-hybridized carbons (Fsp3) is 0.478. The van der Waals surface area contributed by atoms with Crippen molar-refractivity contribution >= 4 is 0 Å². The van der Waals surface area contributed by atoms with E-state index in [4.69, 9.17) is 9.47 Å². The molecule has 156 valence electrons. The lowest BCUT2D eigenvalue weighted by molar-refractivity contribution is 0.00896. The van der Waals surface area contributed by atoms with Crippen molar-refractivity contribution in [2.75, 3.05) is 13.1 Å². The van der Waals surface area contributed by atoms with Gasteiger partial charge in [-0.1, -0.05) is 17.7 Å². The first kappa shape index (κ1) is 20.1. The van der Waals surface area contributed by atoms with Gasteiger partial charge in [-0.05, 0) is 68.0 Å². The molecule has 0 spiro atoms. The Morgan fingerprint density at radius 2 is 1.48 bits per heavy atom. The van der Waals surface area contributed by atoms with Crippen LogP contribution in [0.25, 0.3) is 0 Å². The molecule has 6 heteroatoms. The summed E-state index contributed by atoms with van der Waals surface area (Å²) < 4.78 is 25.1. The lowest BCUT2D eigenvalue weighted by atomic mass is 9.97. The zero-order valence-corrected chi connectivity index (χ0v) is 16.6. The van der Waals surface area contributed by atoms with Gasteiger partial charge in [0.05, 0.1) is 0 Å². The average molecular weight is 401 g/mol. The number of aliphatic hydroxyl groups excluding tert-OH is 2. The Morgan fingerprint density at radius 1 is 0.931 bits per heavy atom. The van der Waals surface area contributed by atoms with Crippen LogP contribution in [0.3, 0.4) is 0 Å². The maximum atomic E-state index is 13.3. The summed E-state index contributed by atoms with van der Waals surface area (Å²) in [7, 11) is 0. The van der Waals surface area contributed by atoms with E-state index in [0.29, 0.717) is 31.7 Å². The highest BCUT2D eigenvalue weighted by Gasteiger charge is 2.29. The average Bonchev–Trinajstić information content (AvgIpc) is 2.72. The molecule has 0 saturated heterocycles. The molecule has 2 aromatic carbocycles. The van der Waals surface area contributed by atoms with Gasteiger partial charge in [-0.2, -0.15) is 0 Å². The molecule has 0 fully saturated rings. The molecule has 29 heavy (non-hydrogen) atoms. The third-order valence-corrected chi connectivity index (χ3v) is 5.76. The van der Waals surface area contributed by atoms with Gasteiger partial charge in [0.15, 0.2) is 0 Å². The molecule has 3 N–H and O–H groups in total. The largest absolute Gasteiger partial charge is 0.487 e. The van der Waals surface area contributed by atoms with Crippen LogP contribution < -0.4 is 14.8 Å². The number of fused-ring (bicyclic) bond motifs is 2. The summed E-state index contributed by atoms with van der Waals surface area (Å²) in [6.45, 7) is 2.70. The first-order chi connectivity index (χ1) is 14.0. The zero-order valence-electron chi connectivity index (χ0n) is 16.6. The minimum Gasteiger partial charge on any atom is -0.487 e. The monoisotopic (exact) mass is 401 g/mol. The van der Waals surface area contributed by atoms with Gasteiger partial charge in [-0.15, -0.1) is 0 Å². The molecule has 0 amide bonds. The highest BCUT2D eigenvalue weighted by molar-refractivity contribution is 5.38. The van der Waals surface area contributed by atoms with Gasteiger partial charge in [-0.3, -0.25) is 0 Å². The minimum absolute atomic E-state index is 0.262. The third-order valence-electron chi connectivity index (χ3n) is 5.76. The first-order valence-corrected chi connectivity index (χ1v) is 10.3. The summed E-state index contributed by atoms with van der Waals surface area (Å²) in [4.78, 5) is 0. The van der Waals surface area contributed by atoms with Crippen LogP contribution in [0, 0.1) is 12.7 Å². The molecule has 1 unspecified atom stereocenters. The van der Waals surface area contributed by atoms with E-state index < -0.39 is 12.2 Å². The predicted molar refractivity (Wildman–Crippen MR) is 108 cm³/mol. The van der Waals surface area contributed by atoms with E-state index in [1.165, 1.54) is 23.3 Å². The van der Waals surface area contributed by atoms with Crippen molar-refractivity contribution in [3.63, 3.8) is 0 Å². The van der Waals surface area contributed by atoms with E-state index in [9.17, 15) is 14.6 Å². The molecular formula is C23H28FNO4. The minimum atomic E-state index is -0.712. The van der Waals surface area contributed by atoms with Crippen LogP contribution >= 0.6 is 0 Å². The van der Waals surface area contributed by atoms with Crippen molar-refractivity contribution in [2.45, 2.75) is 57.0 Å². The van der Waals surface area contributed by atoms with Crippen molar-refractivity contribution < 1.29 is 24.1 Å². The molecule has 4 rings (SSSR count). The molecule has 2 aliphatic heterocycles. The van der Waals surface area contributed by atoms with Crippen molar-refractivity contribution in [1.82, 2.24) is 5.32 Å². The summed E-state index contributed by atoms with van der Waals surface area (Å²) in [6, 6.07) is 10.6. The maximum Gasteiger partial charge on any atom is 0.126 e. The van der Waals surface area contributed by atoms with Gasteiger partial charge in [0, 0.05) is 13.1 Å². The van der Waals surface area contributed by atoms with Gasteiger partial charge < -0.3 is 25.0 Å². The molecular weight excluding hydrogens is 373 g/mol. The van der Waals surface area contributed by atoms with E-state index in [2.05, 4.69) is 18.3 Å². The number of benzene rings is 2. The van der Waals surface area contributed by atoms with Crippen molar-refractivity contribution in [2.24, 2.45) is 0 Å². The second-order valence-corrected chi connectivity index (χ2v) is 8.05. The Labute approximate surface area is 170 Å². The number of aryl methyl sites for hydroxylation is 3. The Balaban J connectivity index is 1.24. The van der Waals surface area contributed by atoms with Crippen LogP contribution in [0.15, 0.2) is 36.4 Å². The van der Waals surface area contributed by atoms with Crippen LogP contribution in [0.5, 0.6) is 11.5 Å². The number of halogens is 1. The zero-order chi connectivity index (χ0) is 20.4. The lowest BCUT2D eigenvalue weighted by Gasteiger charge is -2.31. The highest BCUT2D eigenvalue weighted by Crippen LogP contribution is 2.30. The van der Waals surface area contributed by atoms with E-state index >= 15 is 0 Å². The third kappa shape index (κ3) is 4.71. The van der Waals surface area contributed by atoms with Gasteiger partial charge in [0.25, 0.3) is 0 Å². The normalized spacial score (nSPS) is 22.6. The van der Waals surface area contributed by atoms with Crippen molar-refractivity contribution in [1.29, 1.82) is 0 Å². The SMILES string of the molecule is Cc1ccc2c(c1)CC[C@H]([C@H](O)CNC[C@@H](O)C1CCc3cc(F)ccc3O1)O2. The lowest BCUT2D eigenvalue weighted by Crippen LogP contribution is -2.46. The fourth-order valence-corrected chi connectivity index (χ4v) is 4.10. The number of hydrogen-bond acceptors (Lipinski definition) is 5. The summed E-state index contributed by atoms with van der Waals surface area (Å²) >= 11 is 0. The number of rotatable bonds is 6. The molecule has 2 aromatic rings. The van der Waals surface area contributed by atoms with E-state index in [-0.39, 0.29) is 18.0 Å². The van der Waals surface area contributed by atoms with E-state index in [1.807, 2.05) is 12.1 Å². The quantitative estimate of drug-likeness (QED) is 0.694. The second kappa shape index (κ2) is 8.69. The van der Waals surface area contributed by atoms with Crippen LogP contribution in [0.4, 0.5) is 4.39 Å². The molecule has 2 heterocycles. The fourth-order valence-electron chi connectivity index (χ4n) is 4.10. The van der Waals surface area contributed by atoms with Gasteiger partial charge in [0.2, 0.25) is 0 Å². The van der Waals surface area contributed by atoms with Gasteiger partial charge in [0.1, 0.15) is 41.7 Å². The molecule has 0 bridgehead atoms. The Bertz CT molecular complexity index is 789. The van der Waals surface area contributed by atoms with Crippen LogP contribution in [-0.2, 0) is 12.8 Å². The second-order valence-electron chi connectivity index (χ2n) is 8.05. The van der Waals surface area contributed by atoms with Crippen LogP contribution in [0.1, 0.15) is 29.5 Å². The topological polar surface area (TPSA) is 71.0 Å². The number of aliphatic hydroxyl groups is 2. The molecule has 0 radical (unpaired) electrons. The molecule has 0 aliphatic carbocycles. The number of ether oxygens (including phenoxy) is 2. The Morgan fingerprint density at radius 3 is 2.10 bits per heavy atom. The van der Waals surface area contributed by atoms with E-state index in [1.54, 1.807) is 6.07 Å². The number of hydrogen-bond donors (Lipinski definition) is 3. The predicted octanol–water partition coefficient (Wildman–Crippen LogP) is 2.53. The van der Waals surface area contributed by atoms with Crippen LogP contribution in [-0.4, -0.2) is 47.7 Å². The molecule has 0 aromatic heterocycles. The summed E-state index contributed by atoms with van der Waals surface area (Å²) in [5, 5.41) is 24.1. The van der Waals surface area contributed by atoms with Gasteiger partial charge in [-0.25, -0.2) is 4.39 Å². The smallest absolute Gasteiger partial charge is 0.126 e. The molecule has 0 saturated carbocycles. The summed E-state index contributed by atoms with van der Waals surface area (Å²) in [5.41, 5.74) is 3.23. The maximum absolute atomic E-state index is 13.3. The summed E-state index contributed by atoms with van der Waals surface area (Å²) in [5.74, 6) is 1.20. The van der Waals surface area contributed by atoms with E-state index in [0.717, 1.165) is 24.2 Å². The molecule has 2 aliphatic rings. The summed E-state index contributed by atoms with van der Waals surface area (Å²) in [6.07, 6.45) is 0.971. The van der Waals surface area contributed by atoms with Gasteiger partial charge >= 0.3 is 0 Å². The first-order valence-electron chi connectivity index (χ1n) is 10.3. The number of nitrogens with one attached hydrogen (secondary N) is 1. The van der Waals surface area contributed by atoms with Crippen molar-refractivity contribution in [3.05, 3.63) is 58.9 Å². The van der Waals surface area contributed by atoms with Crippen LogP contribution in [0.2, 0.25) is 0 Å². The highest BCUT2D eigenvalue weighted by atomic mass is 19.1. The Kier molecular flexibility index (Phi) is 6.04. The van der Waals surface area contributed by atoms with Crippen molar-refractivity contribution in [3.8, 4) is 11.5 Å². The standard InChI is InChI=1S/C23H28FNO4/c1-14-2-6-20-15(10-14)3-7-22(28-20)18(26)12-25-13-19(27)23-8-4-16-11-17(24)5-9-21(16)29-23/h2,5-6,9-11,18-19,22-23,25-27H,3-4,7-8,12-13H2,1H3/t18-,19-,22-,23?/m1/s1. The molecule has 4 atom stereocenters. The Hall–Kier alpha value is -2.15.